The van der Waals surface area contributed by atoms with Gasteiger partial charge in [-0.3, -0.25) is 14.0 Å². The molecule has 7 nitrogen and oxygen atoms in total. The topological polar surface area (TPSA) is 79.7 Å². The Morgan fingerprint density at radius 3 is 2.56 bits per heavy atom. The molecule has 0 aliphatic heterocycles. The van der Waals surface area contributed by atoms with E-state index in [1.165, 1.54) is 0 Å². The van der Waals surface area contributed by atoms with Crippen molar-refractivity contribution in [2.45, 2.75) is 39.5 Å². The summed E-state index contributed by atoms with van der Waals surface area (Å²) in [5.74, 6) is 1.43. The van der Waals surface area contributed by atoms with Crippen LogP contribution in [0.15, 0.2) is 23.1 Å². The molecular weight excluding hydrogens is 344 g/mol. The zero-order valence-corrected chi connectivity index (χ0v) is 16.5. The third-order valence-corrected chi connectivity index (χ3v) is 5.23. The lowest BCUT2D eigenvalue weighted by Gasteiger charge is -2.18. The maximum atomic E-state index is 12.7. The Kier molecular flexibility index (Phi) is 5.21. The summed E-state index contributed by atoms with van der Waals surface area (Å²) in [5.41, 5.74) is 2.06. The van der Waals surface area contributed by atoms with E-state index < -0.39 is 0 Å². The van der Waals surface area contributed by atoms with E-state index in [0.29, 0.717) is 28.9 Å². The molecule has 3 rings (SSSR count). The minimum atomic E-state index is -0.223. The van der Waals surface area contributed by atoms with Gasteiger partial charge in [0.25, 0.3) is 11.5 Å². The van der Waals surface area contributed by atoms with Gasteiger partial charge in [0.05, 0.1) is 29.9 Å². The first-order valence-corrected chi connectivity index (χ1v) is 9.33. The second kappa shape index (κ2) is 7.42. The van der Waals surface area contributed by atoms with Gasteiger partial charge < -0.3 is 14.6 Å². The van der Waals surface area contributed by atoms with Crippen LogP contribution in [0.1, 0.15) is 55.7 Å². The predicted molar refractivity (Wildman–Crippen MR) is 106 cm³/mol. The summed E-state index contributed by atoms with van der Waals surface area (Å²) in [6, 6.07) is 3.50. The van der Waals surface area contributed by atoms with E-state index in [9.17, 15) is 9.59 Å². The second-order valence-corrected chi connectivity index (χ2v) is 6.69. The standard InChI is InChI=1S/C20H26N4O3/c1-6-12(7-2)18-21-11-16-19(25)22-14-9-13(20(26)23(4)8-3)17(27-5)10-15(14)24(16)18/h9-12H,6-8H2,1-5H3,(H,22,25). The van der Waals surface area contributed by atoms with Crippen LogP contribution in [0.4, 0.5) is 0 Å². The van der Waals surface area contributed by atoms with Crippen LogP contribution < -0.4 is 10.3 Å². The highest BCUT2D eigenvalue weighted by molar-refractivity contribution is 6.00. The van der Waals surface area contributed by atoms with E-state index in [1.54, 1.807) is 31.3 Å². The number of carbonyl (C=O) groups excluding carboxylic acids is 1. The Labute approximate surface area is 158 Å². The summed E-state index contributed by atoms with van der Waals surface area (Å²) in [4.78, 5) is 34.3. The molecule has 2 heterocycles. The molecule has 27 heavy (non-hydrogen) atoms. The molecule has 0 aliphatic carbocycles. The van der Waals surface area contributed by atoms with Crippen molar-refractivity contribution in [3.05, 3.63) is 40.1 Å². The van der Waals surface area contributed by atoms with Crippen molar-refractivity contribution in [1.29, 1.82) is 0 Å². The SMILES string of the molecule is CCC(CC)c1ncc2c(=O)[nH]c3cc(C(=O)N(C)CC)c(OC)cc3n12. The van der Waals surface area contributed by atoms with E-state index in [0.717, 1.165) is 24.2 Å². The summed E-state index contributed by atoms with van der Waals surface area (Å²) in [7, 11) is 3.28. The molecule has 0 aliphatic rings. The molecule has 0 saturated heterocycles. The van der Waals surface area contributed by atoms with Gasteiger partial charge in [0.1, 0.15) is 17.1 Å². The fourth-order valence-corrected chi connectivity index (χ4v) is 3.45. The number of H-pyrrole nitrogens is 1. The van der Waals surface area contributed by atoms with Gasteiger partial charge >= 0.3 is 0 Å². The molecule has 0 fully saturated rings. The average molecular weight is 370 g/mol. The van der Waals surface area contributed by atoms with Crippen molar-refractivity contribution in [3.63, 3.8) is 0 Å². The van der Waals surface area contributed by atoms with Crippen molar-refractivity contribution in [2.75, 3.05) is 20.7 Å². The smallest absolute Gasteiger partial charge is 0.274 e. The molecule has 144 valence electrons. The fraction of sp³-hybridized carbons (Fsp3) is 0.450. The lowest BCUT2D eigenvalue weighted by atomic mass is 10.0. The van der Waals surface area contributed by atoms with Crippen LogP contribution >= 0.6 is 0 Å². The van der Waals surface area contributed by atoms with Crippen LogP contribution in [-0.2, 0) is 0 Å². The van der Waals surface area contributed by atoms with Crippen molar-refractivity contribution in [3.8, 4) is 5.75 Å². The number of fused-ring (bicyclic) bond motifs is 3. The molecule has 2 aromatic heterocycles. The van der Waals surface area contributed by atoms with E-state index in [-0.39, 0.29) is 17.4 Å². The second-order valence-electron chi connectivity index (χ2n) is 6.69. The number of nitrogens with zero attached hydrogens (tertiary/aromatic N) is 3. The molecule has 1 amide bonds. The van der Waals surface area contributed by atoms with Crippen LogP contribution in [0, 0.1) is 0 Å². The molecule has 0 unspecified atom stereocenters. The van der Waals surface area contributed by atoms with Crippen LogP contribution in [0.5, 0.6) is 5.75 Å². The van der Waals surface area contributed by atoms with E-state index in [4.69, 9.17) is 4.74 Å². The number of aromatic nitrogens is 3. The number of hydrogen-bond acceptors (Lipinski definition) is 4. The average Bonchev–Trinajstić information content (AvgIpc) is 3.13. The molecule has 0 radical (unpaired) electrons. The number of ether oxygens (including phenoxy) is 1. The van der Waals surface area contributed by atoms with Crippen molar-refractivity contribution >= 4 is 22.5 Å². The van der Waals surface area contributed by atoms with Gasteiger partial charge in [-0.1, -0.05) is 13.8 Å². The molecular formula is C20H26N4O3. The Morgan fingerprint density at radius 1 is 1.26 bits per heavy atom. The zero-order chi connectivity index (χ0) is 19.7. The molecule has 0 spiro atoms. The molecule has 0 saturated carbocycles. The molecule has 1 aromatic carbocycles. The molecule has 3 aromatic rings. The van der Waals surface area contributed by atoms with Gasteiger partial charge in [-0.25, -0.2) is 4.98 Å². The van der Waals surface area contributed by atoms with Gasteiger partial charge in [0.2, 0.25) is 0 Å². The molecule has 0 atom stereocenters. The van der Waals surface area contributed by atoms with Gasteiger partial charge in [-0.2, -0.15) is 0 Å². The Balaban J connectivity index is 2.36. The Bertz CT molecular complexity index is 1050. The monoisotopic (exact) mass is 370 g/mol. The van der Waals surface area contributed by atoms with Crippen molar-refractivity contribution in [1.82, 2.24) is 19.3 Å². The summed E-state index contributed by atoms with van der Waals surface area (Å²) in [6.07, 6.45) is 3.47. The number of hydrogen-bond donors (Lipinski definition) is 1. The summed E-state index contributed by atoms with van der Waals surface area (Å²) >= 11 is 0. The third-order valence-electron chi connectivity index (χ3n) is 5.23. The molecule has 1 N–H and O–H groups in total. The molecule has 7 heteroatoms. The summed E-state index contributed by atoms with van der Waals surface area (Å²) in [6.45, 7) is 6.71. The molecule has 0 bridgehead atoms. The van der Waals surface area contributed by atoms with Crippen molar-refractivity contribution < 1.29 is 9.53 Å². The Hall–Kier alpha value is -2.83. The zero-order valence-electron chi connectivity index (χ0n) is 16.5. The lowest BCUT2D eigenvalue weighted by molar-refractivity contribution is 0.0799. The number of amides is 1. The maximum Gasteiger partial charge on any atom is 0.274 e. The minimum Gasteiger partial charge on any atom is -0.496 e. The fourth-order valence-electron chi connectivity index (χ4n) is 3.45. The van der Waals surface area contributed by atoms with Gasteiger partial charge in [0, 0.05) is 25.6 Å². The number of nitrogens with one attached hydrogen (secondary N) is 1. The van der Waals surface area contributed by atoms with Crippen LogP contribution in [0.2, 0.25) is 0 Å². The number of aromatic amines is 1. The van der Waals surface area contributed by atoms with Gasteiger partial charge in [0.15, 0.2) is 0 Å². The first-order chi connectivity index (χ1) is 13.0. The van der Waals surface area contributed by atoms with Crippen LogP contribution in [0.25, 0.3) is 16.6 Å². The number of imidazole rings is 1. The quantitative estimate of drug-likeness (QED) is 0.723. The minimum absolute atomic E-state index is 0.150. The third kappa shape index (κ3) is 3.07. The van der Waals surface area contributed by atoms with Gasteiger partial charge in [-0.15, -0.1) is 0 Å². The van der Waals surface area contributed by atoms with E-state index >= 15 is 0 Å². The van der Waals surface area contributed by atoms with Crippen molar-refractivity contribution in [2.24, 2.45) is 0 Å². The van der Waals surface area contributed by atoms with E-state index in [1.807, 2.05) is 17.4 Å². The van der Waals surface area contributed by atoms with E-state index in [2.05, 4.69) is 23.8 Å². The lowest BCUT2D eigenvalue weighted by Crippen LogP contribution is -2.26. The highest BCUT2D eigenvalue weighted by atomic mass is 16.5. The highest BCUT2D eigenvalue weighted by Gasteiger charge is 2.21. The normalized spacial score (nSPS) is 11.5. The van der Waals surface area contributed by atoms with Crippen LogP contribution in [-0.4, -0.2) is 45.9 Å². The maximum absolute atomic E-state index is 12.7. The summed E-state index contributed by atoms with van der Waals surface area (Å²) < 4.78 is 7.40. The largest absolute Gasteiger partial charge is 0.496 e. The first kappa shape index (κ1) is 18.9. The highest BCUT2D eigenvalue weighted by Crippen LogP contribution is 2.29. The first-order valence-electron chi connectivity index (χ1n) is 9.33. The number of rotatable bonds is 6. The van der Waals surface area contributed by atoms with Gasteiger partial charge in [-0.05, 0) is 25.8 Å². The predicted octanol–water partition coefficient (Wildman–Crippen LogP) is 3.18. The number of methoxy groups -OCH3 is 1. The Morgan fingerprint density at radius 2 is 1.96 bits per heavy atom. The summed E-state index contributed by atoms with van der Waals surface area (Å²) in [5, 5.41) is 0. The number of benzene rings is 1. The van der Waals surface area contributed by atoms with Crippen LogP contribution in [0.3, 0.4) is 0 Å². The number of carbonyl (C=O) groups is 1.